The Morgan fingerprint density at radius 3 is 1.71 bits per heavy atom. The second kappa shape index (κ2) is 19.5. The Morgan fingerprint density at radius 2 is 1.31 bits per heavy atom. The molecule has 0 N–H and O–H groups in total. The third kappa shape index (κ3) is 11.6. The van der Waals surface area contributed by atoms with E-state index in [9.17, 15) is 9.59 Å². The summed E-state index contributed by atoms with van der Waals surface area (Å²) in [5.41, 5.74) is 0. The third-order valence-corrected chi connectivity index (χ3v) is 20.4. The molecule has 9 heteroatoms. The van der Waals surface area contributed by atoms with E-state index in [-0.39, 0.29) is 52.4 Å². The smallest absolute Gasteiger partial charge is 0.339 e. The lowest BCUT2D eigenvalue weighted by atomic mass is 9.78. The van der Waals surface area contributed by atoms with Gasteiger partial charge in [0, 0.05) is 26.6 Å². The molecule has 0 aliphatic carbocycles. The Kier molecular flexibility index (Phi) is 17.0. The first-order chi connectivity index (χ1) is 24.2. The second-order valence-corrected chi connectivity index (χ2v) is 26.0. The Labute approximate surface area is 317 Å². The first-order valence-electron chi connectivity index (χ1n) is 18.7. The largest absolute Gasteiger partial charge is 0.466 e. The van der Waals surface area contributed by atoms with Gasteiger partial charge in [-0.25, -0.2) is 4.79 Å². The molecule has 0 aliphatic rings. The number of carbonyl (C=O) groups is 2. The quantitative estimate of drug-likeness (QED) is 0.0761. The van der Waals surface area contributed by atoms with E-state index in [1.165, 1.54) is 30.5 Å². The normalized spacial score (nSPS) is 16.8. The van der Waals surface area contributed by atoms with Crippen LogP contribution in [0.15, 0.2) is 86.0 Å². The predicted octanol–water partition coefficient (Wildman–Crippen LogP) is 8.73. The van der Waals surface area contributed by atoms with Crippen molar-refractivity contribution in [2.75, 3.05) is 20.3 Å². The van der Waals surface area contributed by atoms with Gasteiger partial charge in [-0.15, -0.1) is 6.58 Å². The first-order valence-corrected chi connectivity index (χ1v) is 23.5. The SMILES string of the molecule is C=C[C@@H](OC)C(=O)O[C@@H]([C@@H](C)[C@@H](COC(C)=O)C[C@@H](C)[C@@H](C=C)O[Si](C)(C)C(C)(C)C)[C@H](C)CO[Si](c1ccccc1)(c1ccccc1)C(C)(C)C. The van der Waals surface area contributed by atoms with E-state index in [0.29, 0.717) is 13.0 Å². The van der Waals surface area contributed by atoms with E-state index >= 15 is 0 Å². The average Bonchev–Trinajstić information content (AvgIpc) is 3.08. The van der Waals surface area contributed by atoms with Crippen molar-refractivity contribution in [3.63, 3.8) is 0 Å². The fourth-order valence-electron chi connectivity index (χ4n) is 6.80. The molecule has 7 atom stereocenters. The van der Waals surface area contributed by atoms with E-state index in [1.807, 2.05) is 18.2 Å². The summed E-state index contributed by atoms with van der Waals surface area (Å²) in [5.74, 6) is -1.46. The number of carbonyl (C=O) groups excluding carboxylic acids is 2. The van der Waals surface area contributed by atoms with Gasteiger partial charge in [-0.2, -0.15) is 0 Å². The van der Waals surface area contributed by atoms with Crippen LogP contribution in [0, 0.1) is 23.7 Å². The van der Waals surface area contributed by atoms with Crippen molar-refractivity contribution in [1.82, 2.24) is 0 Å². The number of esters is 2. The maximum Gasteiger partial charge on any atom is 0.339 e. The monoisotopic (exact) mass is 752 g/mol. The van der Waals surface area contributed by atoms with Gasteiger partial charge in [-0.05, 0) is 57.7 Å². The molecule has 52 heavy (non-hydrogen) atoms. The van der Waals surface area contributed by atoms with Crippen LogP contribution in [-0.2, 0) is 32.7 Å². The molecule has 0 saturated heterocycles. The summed E-state index contributed by atoms with van der Waals surface area (Å²) in [5, 5.41) is 2.15. The topological polar surface area (TPSA) is 80.3 Å². The highest BCUT2D eigenvalue weighted by Crippen LogP contribution is 2.40. The molecular weight excluding hydrogens is 685 g/mol. The van der Waals surface area contributed by atoms with E-state index in [4.69, 9.17) is 23.1 Å². The van der Waals surface area contributed by atoms with Crippen molar-refractivity contribution in [3.05, 3.63) is 86.0 Å². The maximum absolute atomic E-state index is 13.6. The molecular formula is C43H68O7Si2. The lowest BCUT2D eigenvalue weighted by Gasteiger charge is -2.44. The van der Waals surface area contributed by atoms with Gasteiger partial charge in [-0.1, -0.05) is 142 Å². The zero-order chi connectivity index (χ0) is 39.5. The molecule has 0 unspecified atom stereocenters. The zero-order valence-corrected chi connectivity index (χ0v) is 36.4. The van der Waals surface area contributed by atoms with Crippen molar-refractivity contribution in [2.24, 2.45) is 23.7 Å². The number of hydrogen-bond donors (Lipinski definition) is 0. The summed E-state index contributed by atoms with van der Waals surface area (Å²) in [6.45, 7) is 34.0. The standard InChI is InChI=1S/C43H68O7Si2/c1-16-38(50-51(14,15)42(7,8)9)31(3)28-35(30-47-34(6)44)33(5)40(49-41(45)39(17-2)46-13)32(4)29-48-52(43(10,11)12,36-24-20-18-21-25-36)37-26-22-19-23-27-37/h16-27,31-33,35,38-40H,1-2,28-30H2,3-15H3/t31-,32-,33+,35-,38-,39-,40-/m1/s1. The average molecular weight is 753 g/mol. The molecule has 0 fully saturated rings. The lowest BCUT2D eigenvalue weighted by Crippen LogP contribution is -2.67. The molecule has 0 spiro atoms. The van der Waals surface area contributed by atoms with Crippen LogP contribution in [0.3, 0.4) is 0 Å². The summed E-state index contributed by atoms with van der Waals surface area (Å²) < 4.78 is 31.6. The fourth-order valence-corrected chi connectivity index (χ4v) is 12.8. The van der Waals surface area contributed by atoms with Gasteiger partial charge in [0.25, 0.3) is 8.32 Å². The van der Waals surface area contributed by atoms with E-state index in [1.54, 1.807) is 0 Å². The van der Waals surface area contributed by atoms with Crippen molar-refractivity contribution in [1.29, 1.82) is 0 Å². The lowest BCUT2D eigenvalue weighted by molar-refractivity contribution is -0.167. The summed E-state index contributed by atoms with van der Waals surface area (Å²) in [6.07, 6.45) is 2.28. The summed E-state index contributed by atoms with van der Waals surface area (Å²) in [4.78, 5) is 25.8. The molecule has 2 aromatic carbocycles. The molecule has 0 aliphatic heterocycles. The van der Waals surface area contributed by atoms with Crippen LogP contribution in [0.25, 0.3) is 0 Å². The second-order valence-electron chi connectivity index (χ2n) is 17.0. The van der Waals surface area contributed by atoms with Gasteiger partial charge >= 0.3 is 11.9 Å². The van der Waals surface area contributed by atoms with Gasteiger partial charge in [0.2, 0.25) is 0 Å². The summed E-state index contributed by atoms with van der Waals surface area (Å²) in [7, 11) is -3.53. The van der Waals surface area contributed by atoms with E-state index in [0.717, 1.165) is 0 Å². The molecule has 0 radical (unpaired) electrons. The highest BCUT2D eigenvalue weighted by atomic mass is 28.4. The molecule has 0 saturated carbocycles. The Hall–Kier alpha value is -2.83. The van der Waals surface area contributed by atoms with Crippen molar-refractivity contribution in [2.45, 2.75) is 117 Å². The Balaban J connectivity index is 2.60. The first kappa shape index (κ1) is 45.3. The molecule has 290 valence electrons. The van der Waals surface area contributed by atoms with E-state index in [2.05, 4.69) is 137 Å². The summed E-state index contributed by atoms with van der Waals surface area (Å²) >= 11 is 0. The number of hydrogen-bond acceptors (Lipinski definition) is 7. The predicted molar refractivity (Wildman–Crippen MR) is 219 cm³/mol. The Morgan fingerprint density at radius 1 is 0.788 bits per heavy atom. The van der Waals surface area contributed by atoms with Gasteiger partial charge in [-0.3, -0.25) is 4.79 Å². The van der Waals surface area contributed by atoms with Crippen LogP contribution < -0.4 is 10.4 Å². The molecule has 7 nitrogen and oxygen atoms in total. The highest BCUT2D eigenvalue weighted by Gasteiger charge is 2.51. The Bertz CT molecular complexity index is 1370. The minimum absolute atomic E-state index is 0.0290. The van der Waals surface area contributed by atoms with Crippen molar-refractivity contribution < 1.29 is 32.7 Å². The summed E-state index contributed by atoms with van der Waals surface area (Å²) in [6, 6.07) is 21.0. The van der Waals surface area contributed by atoms with Crippen LogP contribution in [0.1, 0.15) is 75.7 Å². The van der Waals surface area contributed by atoms with Crippen LogP contribution in [0.2, 0.25) is 23.2 Å². The van der Waals surface area contributed by atoms with Crippen LogP contribution >= 0.6 is 0 Å². The molecule has 0 bridgehead atoms. The number of benzene rings is 2. The fraction of sp³-hybridized carbons (Fsp3) is 0.581. The minimum atomic E-state index is -2.88. The van der Waals surface area contributed by atoms with Gasteiger partial charge in [0.1, 0.15) is 6.10 Å². The molecule has 0 aromatic heterocycles. The number of rotatable bonds is 20. The van der Waals surface area contributed by atoms with E-state index < -0.39 is 34.8 Å². The molecule has 0 heterocycles. The van der Waals surface area contributed by atoms with Gasteiger partial charge in [0.05, 0.1) is 12.7 Å². The molecule has 2 rings (SSSR count). The third-order valence-electron chi connectivity index (χ3n) is 11.0. The maximum atomic E-state index is 13.6. The minimum Gasteiger partial charge on any atom is -0.466 e. The van der Waals surface area contributed by atoms with Gasteiger partial charge < -0.3 is 23.1 Å². The van der Waals surface area contributed by atoms with Crippen LogP contribution in [0.5, 0.6) is 0 Å². The highest BCUT2D eigenvalue weighted by molar-refractivity contribution is 6.99. The zero-order valence-electron chi connectivity index (χ0n) is 34.4. The molecule has 2 aromatic rings. The van der Waals surface area contributed by atoms with Crippen molar-refractivity contribution >= 4 is 38.9 Å². The van der Waals surface area contributed by atoms with Crippen LogP contribution in [0.4, 0.5) is 0 Å². The van der Waals surface area contributed by atoms with Crippen LogP contribution in [-0.4, -0.2) is 67.2 Å². The number of methoxy groups -OCH3 is 1. The van der Waals surface area contributed by atoms with Crippen molar-refractivity contribution in [3.8, 4) is 0 Å². The van der Waals surface area contributed by atoms with Gasteiger partial charge in [0.15, 0.2) is 14.4 Å². The molecule has 0 amide bonds. The number of ether oxygens (including phenoxy) is 3.